The van der Waals surface area contributed by atoms with Crippen molar-refractivity contribution in [3.8, 4) is 12.3 Å². The molecule has 0 aliphatic heterocycles. The Morgan fingerprint density at radius 2 is 2.39 bits per heavy atom. The van der Waals surface area contributed by atoms with Crippen LogP contribution >= 0.6 is 34.7 Å². The first-order valence-electron chi connectivity index (χ1n) is 5.03. The molecule has 0 bridgehead atoms. The largest absolute Gasteiger partial charge is 0.358 e. The van der Waals surface area contributed by atoms with Gasteiger partial charge in [-0.05, 0) is 11.5 Å². The third kappa shape index (κ3) is 3.03. The first-order chi connectivity index (χ1) is 8.72. The minimum atomic E-state index is -0.284. The minimum absolute atomic E-state index is 0.200. The highest BCUT2D eigenvalue weighted by Crippen LogP contribution is 2.35. The van der Waals surface area contributed by atoms with Gasteiger partial charge in [-0.3, -0.25) is 0 Å². The molecule has 0 saturated carbocycles. The van der Waals surface area contributed by atoms with Crippen LogP contribution in [0.4, 0.5) is 0 Å². The van der Waals surface area contributed by atoms with Crippen LogP contribution in [0.3, 0.4) is 0 Å². The second kappa shape index (κ2) is 6.21. The molecule has 0 unspecified atom stereocenters. The van der Waals surface area contributed by atoms with Gasteiger partial charge in [-0.1, -0.05) is 29.1 Å². The molecule has 2 aromatic rings. The third-order valence-electron chi connectivity index (χ3n) is 2.22. The summed E-state index contributed by atoms with van der Waals surface area (Å²) in [5.74, 6) is 2.43. The van der Waals surface area contributed by atoms with Crippen LogP contribution in [0.25, 0.3) is 0 Å². The Morgan fingerprint density at radius 3 is 2.94 bits per heavy atom. The summed E-state index contributed by atoms with van der Waals surface area (Å²) >= 11 is 13.1. The Balaban J connectivity index is 2.19. The lowest BCUT2D eigenvalue weighted by Gasteiger charge is -2.15. The molecular weight excluding hydrogens is 293 g/mol. The zero-order valence-corrected chi connectivity index (χ0v) is 11.5. The van der Waals surface area contributed by atoms with Crippen LogP contribution in [0.1, 0.15) is 11.0 Å². The average Bonchev–Trinajstić information content (AvgIpc) is 2.97. The normalized spacial score (nSPS) is 12.3. The first-order valence-corrected chi connectivity index (χ1v) is 6.56. The Hall–Kier alpha value is -1.06. The summed E-state index contributed by atoms with van der Waals surface area (Å²) in [5.41, 5.74) is 0. The van der Waals surface area contributed by atoms with Crippen molar-refractivity contribution in [2.45, 2.75) is 12.6 Å². The summed E-state index contributed by atoms with van der Waals surface area (Å²) in [5, 5.41) is 0.709. The van der Waals surface area contributed by atoms with Crippen molar-refractivity contribution in [3.05, 3.63) is 33.8 Å². The topological polar surface area (TPSA) is 39.9 Å². The van der Waals surface area contributed by atoms with E-state index in [-0.39, 0.29) is 17.9 Å². The number of hydrogen-bond acceptors (Lipinski definition) is 4. The van der Waals surface area contributed by atoms with E-state index in [2.05, 4.69) is 15.3 Å². The van der Waals surface area contributed by atoms with Gasteiger partial charge in [0.05, 0.1) is 22.8 Å². The van der Waals surface area contributed by atoms with Crippen molar-refractivity contribution in [1.82, 2.24) is 13.9 Å². The van der Waals surface area contributed by atoms with E-state index in [0.717, 1.165) is 4.88 Å². The second-order valence-corrected chi connectivity index (χ2v) is 4.96. The van der Waals surface area contributed by atoms with E-state index in [1.807, 2.05) is 10.8 Å². The Bertz CT molecular complexity index is 547. The smallest absolute Gasteiger partial charge is 0.161 e. The highest BCUT2D eigenvalue weighted by molar-refractivity contribution is 7.07. The fraction of sp³-hybridized carbons (Fsp3) is 0.273. The highest BCUT2D eigenvalue weighted by atomic mass is 35.5. The second-order valence-electron chi connectivity index (χ2n) is 3.41. The number of nitrogens with zero attached hydrogens (tertiary/aromatic N) is 3. The zero-order valence-electron chi connectivity index (χ0n) is 9.22. The van der Waals surface area contributed by atoms with E-state index in [4.69, 9.17) is 34.4 Å². The van der Waals surface area contributed by atoms with E-state index in [1.165, 1.54) is 11.5 Å². The van der Waals surface area contributed by atoms with E-state index in [9.17, 15) is 0 Å². The van der Waals surface area contributed by atoms with Gasteiger partial charge in [-0.25, -0.2) is 4.98 Å². The van der Waals surface area contributed by atoms with Gasteiger partial charge >= 0.3 is 0 Å². The van der Waals surface area contributed by atoms with Crippen molar-refractivity contribution in [1.29, 1.82) is 0 Å². The van der Waals surface area contributed by atoms with Crippen LogP contribution < -0.4 is 0 Å². The van der Waals surface area contributed by atoms with Crippen molar-refractivity contribution in [2.75, 3.05) is 6.61 Å². The molecule has 7 heteroatoms. The number of ether oxygens (including phenoxy) is 1. The lowest BCUT2D eigenvalue weighted by atomic mass is 10.3. The fourth-order valence-corrected chi connectivity index (χ4v) is 2.70. The SMILES string of the molecule is C#CCO[C@@H](Cn1ccnc1)c1snc(Cl)c1Cl. The molecule has 0 aliphatic rings. The molecule has 0 fully saturated rings. The predicted octanol–water partition coefficient (Wildman–Crippen LogP) is 3.04. The summed E-state index contributed by atoms with van der Waals surface area (Å²) in [6.45, 7) is 0.755. The number of imidazole rings is 1. The molecule has 2 heterocycles. The van der Waals surface area contributed by atoms with Crippen LogP contribution in [0.5, 0.6) is 0 Å². The Kier molecular flexibility index (Phi) is 4.61. The van der Waals surface area contributed by atoms with Gasteiger partial charge in [0.2, 0.25) is 0 Å². The maximum atomic E-state index is 6.08. The maximum Gasteiger partial charge on any atom is 0.161 e. The van der Waals surface area contributed by atoms with Crippen molar-refractivity contribution in [2.24, 2.45) is 0 Å². The third-order valence-corrected chi connectivity index (χ3v) is 4.12. The van der Waals surface area contributed by atoms with Crippen molar-refractivity contribution < 1.29 is 4.74 Å². The van der Waals surface area contributed by atoms with E-state index in [1.54, 1.807) is 12.5 Å². The molecule has 0 aromatic carbocycles. The van der Waals surface area contributed by atoms with Gasteiger partial charge < -0.3 is 9.30 Å². The first kappa shape index (κ1) is 13.4. The van der Waals surface area contributed by atoms with Gasteiger partial charge in [-0.15, -0.1) is 6.42 Å². The summed E-state index contributed by atoms with van der Waals surface area (Å²) < 4.78 is 11.5. The van der Waals surface area contributed by atoms with E-state index < -0.39 is 0 Å². The molecule has 94 valence electrons. The molecule has 2 aromatic heterocycles. The summed E-state index contributed by atoms with van der Waals surface area (Å²) in [7, 11) is 0. The van der Waals surface area contributed by atoms with Crippen molar-refractivity contribution in [3.63, 3.8) is 0 Å². The summed E-state index contributed by atoms with van der Waals surface area (Å²) in [4.78, 5) is 4.74. The number of aromatic nitrogens is 3. The van der Waals surface area contributed by atoms with Crippen LogP contribution in [0, 0.1) is 12.3 Å². The molecule has 0 spiro atoms. The zero-order chi connectivity index (χ0) is 13.0. The maximum absolute atomic E-state index is 6.08. The number of hydrogen-bond donors (Lipinski definition) is 0. The molecular formula is C11H9Cl2N3OS. The monoisotopic (exact) mass is 301 g/mol. The molecule has 0 saturated heterocycles. The number of terminal acetylenes is 1. The van der Waals surface area contributed by atoms with Gasteiger partial charge in [0, 0.05) is 12.4 Å². The van der Waals surface area contributed by atoms with Gasteiger partial charge in [0.1, 0.15) is 12.7 Å². The lowest BCUT2D eigenvalue weighted by Crippen LogP contribution is -2.11. The van der Waals surface area contributed by atoms with Gasteiger partial charge in [0.25, 0.3) is 0 Å². The van der Waals surface area contributed by atoms with E-state index >= 15 is 0 Å². The fourth-order valence-electron chi connectivity index (χ4n) is 1.42. The van der Waals surface area contributed by atoms with Crippen LogP contribution in [0.2, 0.25) is 10.2 Å². The lowest BCUT2D eigenvalue weighted by molar-refractivity contribution is 0.0669. The molecule has 18 heavy (non-hydrogen) atoms. The van der Waals surface area contributed by atoms with Gasteiger partial charge in [-0.2, -0.15) is 4.37 Å². The molecule has 0 N–H and O–H groups in total. The molecule has 0 radical (unpaired) electrons. The average molecular weight is 302 g/mol. The molecule has 0 amide bonds. The van der Waals surface area contributed by atoms with Crippen LogP contribution in [0.15, 0.2) is 18.7 Å². The standard InChI is InChI=1S/C11H9Cl2N3OS/c1-2-5-17-8(6-16-4-3-14-7-16)10-9(12)11(13)15-18-10/h1,3-4,7-8H,5-6H2/t8-/m0/s1. The van der Waals surface area contributed by atoms with Crippen molar-refractivity contribution >= 4 is 34.7 Å². The molecule has 4 nitrogen and oxygen atoms in total. The molecule has 0 aliphatic carbocycles. The minimum Gasteiger partial charge on any atom is -0.358 e. The Labute approximate surface area is 119 Å². The molecule has 2 rings (SSSR count). The summed E-state index contributed by atoms with van der Waals surface area (Å²) in [6, 6.07) is 0. The Morgan fingerprint density at radius 1 is 1.56 bits per heavy atom. The highest BCUT2D eigenvalue weighted by Gasteiger charge is 2.21. The van der Waals surface area contributed by atoms with Crippen LogP contribution in [-0.4, -0.2) is 20.5 Å². The number of rotatable bonds is 5. The van der Waals surface area contributed by atoms with Gasteiger partial charge in [0.15, 0.2) is 5.15 Å². The number of halogens is 2. The predicted molar refractivity (Wildman–Crippen MR) is 71.9 cm³/mol. The van der Waals surface area contributed by atoms with E-state index in [0.29, 0.717) is 11.6 Å². The molecule has 1 atom stereocenters. The quantitative estimate of drug-likeness (QED) is 0.797. The summed E-state index contributed by atoms with van der Waals surface area (Å²) in [6.07, 6.45) is 10.1. The van der Waals surface area contributed by atoms with Crippen LogP contribution in [-0.2, 0) is 11.3 Å².